The highest BCUT2D eigenvalue weighted by atomic mass is 16.4. The van der Waals surface area contributed by atoms with Crippen LogP contribution in [0.15, 0.2) is 42.5 Å². The van der Waals surface area contributed by atoms with Crippen molar-refractivity contribution in [2.75, 3.05) is 5.73 Å². The maximum absolute atomic E-state index is 11.0. The second kappa shape index (κ2) is 4.02. The SMILES string of the molecule is Nc1ccc(C(=O)O)c(-c2ccccc2)n1. The fraction of sp³-hybridized carbons (Fsp3) is 0. The second-order valence-electron chi connectivity index (χ2n) is 3.30. The number of anilines is 1. The quantitative estimate of drug-likeness (QED) is 0.801. The lowest BCUT2D eigenvalue weighted by molar-refractivity contribution is 0.0697. The first-order chi connectivity index (χ1) is 7.68. The summed E-state index contributed by atoms with van der Waals surface area (Å²) in [5.41, 5.74) is 6.85. The number of benzene rings is 1. The number of nitrogens with zero attached hydrogens (tertiary/aromatic N) is 1. The molecule has 2 rings (SSSR count). The van der Waals surface area contributed by atoms with Crippen molar-refractivity contribution in [3.8, 4) is 11.3 Å². The molecule has 1 aromatic heterocycles. The molecule has 2 aromatic rings. The first kappa shape index (κ1) is 10.2. The maximum atomic E-state index is 11.0. The van der Waals surface area contributed by atoms with Gasteiger partial charge in [0.25, 0.3) is 0 Å². The van der Waals surface area contributed by atoms with E-state index in [2.05, 4.69) is 4.98 Å². The smallest absolute Gasteiger partial charge is 0.337 e. The minimum atomic E-state index is -1.01. The summed E-state index contributed by atoms with van der Waals surface area (Å²) >= 11 is 0. The zero-order chi connectivity index (χ0) is 11.5. The van der Waals surface area contributed by atoms with E-state index in [0.29, 0.717) is 11.5 Å². The van der Waals surface area contributed by atoms with Crippen molar-refractivity contribution in [2.24, 2.45) is 0 Å². The van der Waals surface area contributed by atoms with Crippen LogP contribution in [0.2, 0.25) is 0 Å². The molecule has 0 aliphatic heterocycles. The standard InChI is InChI=1S/C12H10N2O2/c13-10-7-6-9(12(15)16)11(14-10)8-4-2-1-3-5-8/h1-7H,(H2,13,14)(H,15,16). The van der Waals surface area contributed by atoms with E-state index in [-0.39, 0.29) is 5.56 Å². The Morgan fingerprint density at radius 2 is 1.81 bits per heavy atom. The van der Waals surface area contributed by atoms with E-state index in [1.54, 1.807) is 12.1 Å². The predicted molar refractivity (Wildman–Crippen MR) is 61.0 cm³/mol. The summed E-state index contributed by atoms with van der Waals surface area (Å²) in [5.74, 6) is -0.699. The number of carbonyl (C=O) groups is 1. The van der Waals surface area contributed by atoms with Crippen LogP contribution in [-0.4, -0.2) is 16.1 Å². The van der Waals surface area contributed by atoms with Crippen LogP contribution in [-0.2, 0) is 0 Å². The van der Waals surface area contributed by atoms with Gasteiger partial charge in [-0.1, -0.05) is 30.3 Å². The number of pyridine rings is 1. The number of hydrogen-bond acceptors (Lipinski definition) is 3. The number of nitrogens with two attached hydrogens (primary N) is 1. The average molecular weight is 214 g/mol. The van der Waals surface area contributed by atoms with Crippen molar-refractivity contribution in [1.29, 1.82) is 0 Å². The van der Waals surface area contributed by atoms with E-state index in [1.807, 2.05) is 18.2 Å². The van der Waals surface area contributed by atoms with Gasteiger partial charge in [-0.05, 0) is 12.1 Å². The molecule has 1 heterocycles. The molecule has 0 saturated carbocycles. The minimum Gasteiger partial charge on any atom is -0.478 e. The Bertz CT molecular complexity index is 524. The number of nitrogen functional groups attached to an aromatic ring is 1. The Hall–Kier alpha value is -2.36. The van der Waals surface area contributed by atoms with Crippen LogP contribution in [0.25, 0.3) is 11.3 Å². The summed E-state index contributed by atoms with van der Waals surface area (Å²) < 4.78 is 0. The zero-order valence-corrected chi connectivity index (χ0v) is 8.42. The minimum absolute atomic E-state index is 0.153. The summed E-state index contributed by atoms with van der Waals surface area (Å²) in [4.78, 5) is 15.1. The summed E-state index contributed by atoms with van der Waals surface area (Å²) in [6.45, 7) is 0. The van der Waals surface area contributed by atoms with Crippen LogP contribution in [0.4, 0.5) is 5.82 Å². The highest BCUT2D eigenvalue weighted by molar-refractivity contribution is 5.95. The summed E-state index contributed by atoms with van der Waals surface area (Å²) in [6, 6.07) is 12.1. The number of rotatable bonds is 2. The van der Waals surface area contributed by atoms with Gasteiger partial charge in [-0.3, -0.25) is 0 Å². The van der Waals surface area contributed by atoms with Gasteiger partial charge in [0, 0.05) is 5.56 Å². The Morgan fingerprint density at radius 3 is 2.44 bits per heavy atom. The molecule has 0 fully saturated rings. The van der Waals surface area contributed by atoms with Gasteiger partial charge in [0.05, 0.1) is 11.3 Å². The van der Waals surface area contributed by atoms with E-state index in [4.69, 9.17) is 10.8 Å². The lowest BCUT2D eigenvalue weighted by atomic mass is 10.1. The van der Waals surface area contributed by atoms with E-state index in [0.717, 1.165) is 5.56 Å². The van der Waals surface area contributed by atoms with Gasteiger partial charge in [0.2, 0.25) is 0 Å². The van der Waals surface area contributed by atoms with Crippen molar-refractivity contribution >= 4 is 11.8 Å². The molecule has 80 valence electrons. The first-order valence-electron chi connectivity index (χ1n) is 4.73. The number of hydrogen-bond donors (Lipinski definition) is 2. The van der Waals surface area contributed by atoms with Gasteiger partial charge in [-0.25, -0.2) is 9.78 Å². The second-order valence-corrected chi connectivity index (χ2v) is 3.30. The lowest BCUT2D eigenvalue weighted by Crippen LogP contribution is -2.03. The van der Waals surface area contributed by atoms with Crippen LogP contribution in [0.5, 0.6) is 0 Å². The zero-order valence-electron chi connectivity index (χ0n) is 8.42. The average Bonchev–Trinajstić information content (AvgIpc) is 2.29. The highest BCUT2D eigenvalue weighted by Gasteiger charge is 2.12. The van der Waals surface area contributed by atoms with E-state index < -0.39 is 5.97 Å². The molecule has 3 N–H and O–H groups in total. The summed E-state index contributed by atoms with van der Waals surface area (Å²) in [6.07, 6.45) is 0. The normalized spacial score (nSPS) is 10.0. The van der Waals surface area contributed by atoms with Gasteiger partial charge in [0.1, 0.15) is 5.82 Å². The molecule has 0 saturated heterocycles. The molecule has 1 aromatic carbocycles. The van der Waals surface area contributed by atoms with Crippen LogP contribution in [0.1, 0.15) is 10.4 Å². The van der Waals surface area contributed by atoms with E-state index in [9.17, 15) is 4.79 Å². The third kappa shape index (κ3) is 1.86. The molecule has 0 atom stereocenters. The molecule has 4 heteroatoms. The van der Waals surface area contributed by atoms with E-state index >= 15 is 0 Å². The lowest BCUT2D eigenvalue weighted by Gasteiger charge is -2.05. The fourth-order valence-electron chi connectivity index (χ4n) is 1.46. The van der Waals surface area contributed by atoms with Crippen molar-refractivity contribution in [3.63, 3.8) is 0 Å². The number of carboxylic acids is 1. The van der Waals surface area contributed by atoms with Crippen LogP contribution >= 0.6 is 0 Å². The molecule has 4 nitrogen and oxygen atoms in total. The summed E-state index contributed by atoms with van der Waals surface area (Å²) in [5, 5.41) is 9.04. The third-order valence-electron chi connectivity index (χ3n) is 2.19. The van der Waals surface area contributed by atoms with Gasteiger partial charge in [-0.15, -0.1) is 0 Å². The number of aromatic nitrogens is 1. The van der Waals surface area contributed by atoms with Gasteiger partial charge in [-0.2, -0.15) is 0 Å². The Kier molecular flexibility index (Phi) is 2.55. The molecule has 0 bridgehead atoms. The monoisotopic (exact) mass is 214 g/mol. The molecule has 0 spiro atoms. The Balaban J connectivity index is 2.63. The molecular formula is C12H10N2O2. The van der Waals surface area contributed by atoms with Crippen molar-refractivity contribution in [2.45, 2.75) is 0 Å². The molecule has 0 aliphatic carbocycles. The maximum Gasteiger partial charge on any atom is 0.337 e. The molecule has 0 unspecified atom stereocenters. The van der Waals surface area contributed by atoms with Gasteiger partial charge in [0.15, 0.2) is 0 Å². The number of carboxylic acid groups (broad SMARTS) is 1. The summed E-state index contributed by atoms with van der Waals surface area (Å²) in [7, 11) is 0. The topological polar surface area (TPSA) is 76.2 Å². The largest absolute Gasteiger partial charge is 0.478 e. The van der Waals surface area contributed by atoms with Crippen LogP contribution < -0.4 is 5.73 Å². The van der Waals surface area contributed by atoms with Crippen LogP contribution in [0.3, 0.4) is 0 Å². The Labute approximate surface area is 92.4 Å². The van der Waals surface area contributed by atoms with Gasteiger partial charge >= 0.3 is 5.97 Å². The van der Waals surface area contributed by atoms with Crippen LogP contribution in [0, 0.1) is 0 Å². The van der Waals surface area contributed by atoms with Crippen molar-refractivity contribution < 1.29 is 9.90 Å². The molecular weight excluding hydrogens is 204 g/mol. The molecule has 0 radical (unpaired) electrons. The van der Waals surface area contributed by atoms with E-state index in [1.165, 1.54) is 12.1 Å². The van der Waals surface area contributed by atoms with Gasteiger partial charge < -0.3 is 10.8 Å². The molecule has 16 heavy (non-hydrogen) atoms. The predicted octanol–water partition coefficient (Wildman–Crippen LogP) is 2.03. The first-order valence-corrected chi connectivity index (χ1v) is 4.73. The number of aromatic carboxylic acids is 1. The Morgan fingerprint density at radius 1 is 1.12 bits per heavy atom. The van der Waals surface area contributed by atoms with Crippen molar-refractivity contribution in [1.82, 2.24) is 4.98 Å². The fourth-order valence-corrected chi connectivity index (χ4v) is 1.46. The third-order valence-corrected chi connectivity index (χ3v) is 2.19. The van der Waals surface area contributed by atoms with Crippen molar-refractivity contribution in [3.05, 3.63) is 48.0 Å². The molecule has 0 amide bonds. The highest BCUT2D eigenvalue weighted by Crippen LogP contribution is 2.22. The molecule has 0 aliphatic rings.